The van der Waals surface area contributed by atoms with E-state index < -0.39 is 16.9 Å². The Hall–Kier alpha value is -1.50. The van der Waals surface area contributed by atoms with Crippen LogP contribution in [-0.4, -0.2) is 47.9 Å². The van der Waals surface area contributed by atoms with Gasteiger partial charge in [-0.25, -0.2) is 0 Å². The SMILES string of the molecule is Cc1c(CC(O)C[N+](C)(C)C)cc2c(=O)c3ccccc3[s+]([O-])c2c1C.[Cl-]. The minimum atomic E-state index is -1.36. The molecule has 0 aliphatic heterocycles. The van der Waals surface area contributed by atoms with E-state index >= 15 is 0 Å². The van der Waals surface area contributed by atoms with Crippen LogP contribution in [0.5, 0.6) is 0 Å². The van der Waals surface area contributed by atoms with Crippen molar-refractivity contribution in [3.8, 4) is 0 Å². The quantitative estimate of drug-likeness (QED) is 0.385. The van der Waals surface area contributed by atoms with Crippen LogP contribution in [0, 0.1) is 13.8 Å². The monoisotopic (exact) mass is 407 g/mol. The van der Waals surface area contributed by atoms with E-state index in [9.17, 15) is 14.5 Å². The number of aliphatic hydroxyl groups is 1. The summed E-state index contributed by atoms with van der Waals surface area (Å²) < 4.78 is 14.9. The van der Waals surface area contributed by atoms with Gasteiger partial charge in [0.2, 0.25) is 5.43 Å². The largest absolute Gasteiger partial charge is 1.00 e. The van der Waals surface area contributed by atoms with Gasteiger partial charge in [0.25, 0.3) is 0 Å². The summed E-state index contributed by atoms with van der Waals surface area (Å²) in [7, 11) is 4.76. The summed E-state index contributed by atoms with van der Waals surface area (Å²) in [5.41, 5.74) is 2.76. The number of quaternary nitrogens is 1. The fourth-order valence-corrected chi connectivity index (χ4v) is 5.17. The highest BCUT2D eigenvalue weighted by atomic mass is 35.5. The lowest BCUT2D eigenvalue weighted by Gasteiger charge is -2.27. The van der Waals surface area contributed by atoms with Crippen molar-refractivity contribution in [1.29, 1.82) is 0 Å². The topological polar surface area (TPSA) is 60.4 Å². The van der Waals surface area contributed by atoms with Crippen molar-refractivity contribution in [2.75, 3.05) is 27.7 Å². The maximum Gasteiger partial charge on any atom is 0.203 e. The first-order chi connectivity index (χ1) is 12.1. The first-order valence-corrected chi connectivity index (χ1v) is 9.92. The van der Waals surface area contributed by atoms with Crippen LogP contribution in [0.25, 0.3) is 20.2 Å². The molecule has 2 atom stereocenters. The fraction of sp³-hybridized carbons (Fsp3) is 0.381. The standard InChI is InChI=1S/C21H26NO3S.ClH/c1-13-14(2)21-18(11-15(13)10-16(23)12-22(3,4)5)20(24)17-8-6-7-9-19(17)26(21)25;/h6-9,11,16,23H,10,12H2,1-5H3;1H/q+1;/p-1. The molecular weight excluding hydrogens is 382 g/mol. The molecule has 6 heteroatoms. The van der Waals surface area contributed by atoms with Crippen LogP contribution < -0.4 is 17.8 Å². The Kier molecular flexibility index (Phi) is 6.34. The average Bonchev–Trinajstić information content (AvgIpc) is 2.55. The van der Waals surface area contributed by atoms with Gasteiger partial charge in [-0.3, -0.25) is 4.79 Å². The van der Waals surface area contributed by atoms with Crippen LogP contribution in [-0.2, 0) is 6.42 Å². The summed E-state index contributed by atoms with van der Waals surface area (Å²) in [6.45, 7) is 4.52. The van der Waals surface area contributed by atoms with Gasteiger partial charge in [0.05, 0.1) is 31.9 Å². The van der Waals surface area contributed by atoms with Crippen LogP contribution in [0.3, 0.4) is 0 Å². The molecule has 0 saturated heterocycles. The number of aryl methyl sites for hydroxylation is 1. The maximum atomic E-state index is 13.1. The second-order valence-electron chi connectivity index (χ2n) is 8.09. The number of fused-ring (bicyclic) bond motifs is 2. The van der Waals surface area contributed by atoms with Gasteiger partial charge < -0.3 is 26.5 Å². The Morgan fingerprint density at radius 3 is 2.37 bits per heavy atom. The minimum Gasteiger partial charge on any atom is -1.00 e. The number of rotatable bonds is 4. The van der Waals surface area contributed by atoms with Crippen molar-refractivity contribution in [3.05, 3.63) is 57.2 Å². The highest BCUT2D eigenvalue weighted by Crippen LogP contribution is 2.37. The molecule has 0 saturated carbocycles. The molecule has 0 fully saturated rings. The lowest BCUT2D eigenvalue weighted by Crippen LogP contribution is -3.00. The van der Waals surface area contributed by atoms with Crippen molar-refractivity contribution in [2.45, 2.75) is 26.4 Å². The van der Waals surface area contributed by atoms with Crippen molar-refractivity contribution >= 4 is 30.9 Å². The number of aliphatic hydroxyl groups excluding tert-OH is 1. The molecule has 4 nitrogen and oxygen atoms in total. The summed E-state index contributed by atoms with van der Waals surface area (Å²) in [6.07, 6.45) is -0.0144. The molecular formula is C21H26ClNO3S. The van der Waals surface area contributed by atoms with Gasteiger partial charge in [0.15, 0.2) is 9.40 Å². The third-order valence-corrected chi connectivity index (χ3v) is 6.58. The average molecular weight is 408 g/mol. The summed E-state index contributed by atoms with van der Waals surface area (Å²) in [6, 6.07) is 8.95. The molecule has 0 aliphatic carbocycles. The first kappa shape index (κ1) is 21.8. The number of hydrogen-bond donors (Lipinski definition) is 1. The number of benzene rings is 2. The Morgan fingerprint density at radius 1 is 1.11 bits per heavy atom. The van der Waals surface area contributed by atoms with Gasteiger partial charge in [-0.2, -0.15) is 0 Å². The molecule has 0 spiro atoms. The number of nitrogens with zero attached hydrogens (tertiary/aromatic N) is 1. The third kappa shape index (κ3) is 4.18. The highest BCUT2D eigenvalue weighted by molar-refractivity contribution is 7.36. The molecule has 27 heavy (non-hydrogen) atoms. The van der Waals surface area contributed by atoms with E-state index in [-0.39, 0.29) is 17.8 Å². The third-order valence-electron chi connectivity index (χ3n) is 4.92. The number of halogens is 1. The molecule has 0 bridgehead atoms. The maximum absolute atomic E-state index is 13.1. The van der Waals surface area contributed by atoms with Crippen molar-refractivity contribution in [2.24, 2.45) is 0 Å². The van der Waals surface area contributed by atoms with Gasteiger partial charge in [-0.1, -0.05) is 12.1 Å². The van der Waals surface area contributed by atoms with Crippen LogP contribution >= 0.6 is 10.8 Å². The van der Waals surface area contributed by atoms with Crippen LogP contribution in [0.2, 0.25) is 0 Å². The van der Waals surface area contributed by atoms with Gasteiger partial charge in [0, 0.05) is 12.0 Å². The Morgan fingerprint density at radius 2 is 1.74 bits per heavy atom. The Balaban J connectivity index is 0.00000261. The molecule has 3 rings (SSSR count). The van der Waals surface area contributed by atoms with E-state index in [2.05, 4.69) is 0 Å². The molecule has 0 radical (unpaired) electrons. The van der Waals surface area contributed by atoms with Crippen molar-refractivity contribution in [3.63, 3.8) is 0 Å². The summed E-state index contributed by atoms with van der Waals surface area (Å²) >= 11 is 0. The van der Waals surface area contributed by atoms with E-state index in [1.165, 1.54) is 0 Å². The highest BCUT2D eigenvalue weighted by Gasteiger charge is 2.22. The van der Waals surface area contributed by atoms with E-state index in [1.807, 2.05) is 47.1 Å². The second-order valence-corrected chi connectivity index (χ2v) is 9.47. The van der Waals surface area contributed by atoms with Crippen molar-refractivity contribution in [1.82, 2.24) is 0 Å². The molecule has 1 aromatic heterocycles. The van der Waals surface area contributed by atoms with E-state index in [0.717, 1.165) is 16.7 Å². The van der Waals surface area contributed by atoms with Crippen LogP contribution in [0.1, 0.15) is 16.7 Å². The summed E-state index contributed by atoms with van der Waals surface area (Å²) in [5.74, 6) is 0. The van der Waals surface area contributed by atoms with E-state index in [4.69, 9.17) is 0 Å². The molecule has 146 valence electrons. The van der Waals surface area contributed by atoms with Gasteiger partial charge in [-0.15, -0.1) is 0 Å². The van der Waals surface area contributed by atoms with Crippen LogP contribution in [0.4, 0.5) is 0 Å². The predicted molar refractivity (Wildman–Crippen MR) is 108 cm³/mol. The van der Waals surface area contributed by atoms with Crippen LogP contribution in [0.15, 0.2) is 35.1 Å². The Labute approximate surface area is 168 Å². The zero-order chi connectivity index (χ0) is 19.2. The molecule has 2 unspecified atom stereocenters. The van der Waals surface area contributed by atoms with Gasteiger partial charge in [0.1, 0.15) is 12.6 Å². The molecule has 0 amide bonds. The van der Waals surface area contributed by atoms with Gasteiger partial charge >= 0.3 is 0 Å². The van der Waals surface area contributed by atoms with Crippen molar-refractivity contribution < 1.29 is 26.5 Å². The molecule has 3 aromatic rings. The molecule has 1 heterocycles. The lowest BCUT2D eigenvalue weighted by molar-refractivity contribution is -0.873. The normalized spacial score (nSPS) is 13.7. The first-order valence-electron chi connectivity index (χ1n) is 8.77. The summed E-state index contributed by atoms with van der Waals surface area (Å²) in [4.78, 5) is 13.0. The van der Waals surface area contributed by atoms with Gasteiger partial charge in [-0.05, 0) is 53.9 Å². The minimum absolute atomic E-state index is 0. The summed E-state index contributed by atoms with van der Waals surface area (Å²) in [5, 5.41) is 11.5. The lowest BCUT2D eigenvalue weighted by atomic mass is 9.96. The Bertz CT molecular complexity index is 1050. The zero-order valence-corrected chi connectivity index (χ0v) is 17.9. The number of hydrogen-bond acceptors (Lipinski definition) is 3. The zero-order valence-electron chi connectivity index (χ0n) is 16.4. The predicted octanol–water partition coefficient (Wildman–Crippen LogP) is 0.311. The molecule has 0 aliphatic rings. The smallest absolute Gasteiger partial charge is 0.203 e. The molecule has 1 N–H and O–H groups in total. The van der Waals surface area contributed by atoms with E-state index in [0.29, 0.717) is 37.6 Å². The second kappa shape index (κ2) is 7.86. The fourth-order valence-electron chi connectivity index (χ4n) is 3.60. The molecule has 2 aromatic carbocycles. The number of likely N-dealkylation sites (N-methyl/N-ethyl adjacent to an activating group) is 1. The van der Waals surface area contributed by atoms with E-state index in [1.54, 1.807) is 18.2 Å².